The molecule has 0 heterocycles. The van der Waals surface area contributed by atoms with E-state index >= 15 is 0 Å². The zero-order valence-electron chi connectivity index (χ0n) is 13.0. The van der Waals surface area contributed by atoms with E-state index in [1.54, 1.807) is 37.4 Å². The van der Waals surface area contributed by atoms with Crippen LogP contribution in [0.25, 0.3) is 0 Å². The van der Waals surface area contributed by atoms with Crippen LogP contribution in [-0.2, 0) is 4.79 Å². The van der Waals surface area contributed by atoms with E-state index in [1.807, 2.05) is 12.1 Å². The van der Waals surface area contributed by atoms with E-state index in [9.17, 15) is 4.79 Å². The maximum absolute atomic E-state index is 12.0. The molecule has 122 valence electrons. The molecule has 0 saturated carbocycles. The fourth-order valence-corrected chi connectivity index (χ4v) is 2.13. The van der Waals surface area contributed by atoms with Crippen molar-refractivity contribution in [1.82, 2.24) is 0 Å². The third-order valence-corrected chi connectivity index (χ3v) is 3.42. The maximum Gasteiger partial charge on any atom is 0.227 e. The summed E-state index contributed by atoms with van der Waals surface area (Å²) in [6.45, 7) is 0.224. The molecule has 2 aromatic carbocycles. The van der Waals surface area contributed by atoms with Gasteiger partial charge in [0.25, 0.3) is 0 Å². The summed E-state index contributed by atoms with van der Waals surface area (Å²) in [7, 11) is 3.10. The lowest BCUT2D eigenvalue weighted by atomic mass is 10.2. The Balaban J connectivity index is 1.91. The summed E-state index contributed by atoms with van der Waals surface area (Å²) in [5.41, 5.74) is 0.551. The van der Waals surface area contributed by atoms with Crippen molar-refractivity contribution < 1.29 is 19.0 Å². The number of ether oxygens (including phenoxy) is 3. The topological polar surface area (TPSA) is 56.8 Å². The highest BCUT2D eigenvalue weighted by Crippen LogP contribution is 2.29. The number of carbonyl (C=O) groups is 1. The molecule has 1 amide bonds. The van der Waals surface area contributed by atoms with Crippen LogP contribution in [0.4, 0.5) is 5.69 Å². The van der Waals surface area contributed by atoms with Crippen molar-refractivity contribution >= 4 is 23.2 Å². The summed E-state index contributed by atoms with van der Waals surface area (Å²) in [5, 5.41) is 3.30. The molecule has 0 aliphatic heterocycles. The van der Waals surface area contributed by atoms with Crippen molar-refractivity contribution in [2.24, 2.45) is 0 Å². The summed E-state index contributed by atoms with van der Waals surface area (Å²) in [4.78, 5) is 12.0. The minimum absolute atomic E-state index is 0.186. The van der Waals surface area contributed by atoms with Crippen LogP contribution in [0.1, 0.15) is 6.42 Å². The minimum Gasteiger partial charge on any atom is -0.497 e. The van der Waals surface area contributed by atoms with Crippen molar-refractivity contribution in [2.45, 2.75) is 6.42 Å². The fraction of sp³-hybridized carbons (Fsp3) is 0.235. The van der Waals surface area contributed by atoms with E-state index in [1.165, 1.54) is 7.11 Å². The highest BCUT2D eigenvalue weighted by atomic mass is 35.5. The van der Waals surface area contributed by atoms with Crippen LogP contribution in [0.5, 0.6) is 17.2 Å². The number of nitrogens with one attached hydrogen (secondary N) is 1. The monoisotopic (exact) mass is 335 g/mol. The van der Waals surface area contributed by atoms with E-state index in [0.29, 0.717) is 28.0 Å². The standard InChI is InChI=1S/C17H18ClNO4/c1-21-12-7-8-16(22-2)14(11-12)19-17(20)9-10-23-15-6-4-3-5-13(15)18/h3-8,11H,9-10H2,1-2H3,(H,19,20). The Morgan fingerprint density at radius 1 is 1.09 bits per heavy atom. The number of anilines is 1. The number of hydrogen-bond acceptors (Lipinski definition) is 4. The number of hydrogen-bond donors (Lipinski definition) is 1. The number of benzene rings is 2. The molecule has 0 bridgehead atoms. The van der Waals surface area contributed by atoms with E-state index in [4.69, 9.17) is 25.8 Å². The molecule has 0 aromatic heterocycles. The zero-order chi connectivity index (χ0) is 16.7. The second-order valence-electron chi connectivity index (χ2n) is 4.64. The fourth-order valence-electron chi connectivity index (χ4n) is 1.94. The molecule has 0 saturated heterocycles. The average molecular weight is 336 g/mol. The molecule has 6 heteroatoms. The second-order valence-corrected chi connectivity index (χ2v) is 5.05. The summed E-state index contributed by atoms with van der Waals surface area (Å²) in [5.74, 6) is 1.56. The van der Waals surface area contributed by atoms with Crippen LogP contribution in [0.3, 0.4) is 0 Å². The summed E-state index contributed by atoms with van der Waals surface area (Å²) < 4.78 is 15.9. The molecular formula is C17H18ClNO4. The Hall–Kier alpha value is -2.40. The van der Waals surface area contributed by atoms with Gasteiger partial charge >= 0.3 is 0 Å². The first-order chi connectivity index (χ1) is 11.1. The molecular weight excluding hydrogens is 318 g/mol. The Kier molecular flexibility index (Phi) is 6.11. The van der Waals surface area contributed by atoms with Crippen molar-refractivity contribution in [2.75, 3.05) is 26.1 Å². The predicted octanol–water partition coefficient (Wildman–Crippen LogP) is 3.76. The molecule has 0 aliphatic rings. The number of halogens is 1. The van der Waals surface area contributed by atoms with Gasteiger partial charge in [0, 0.05) is 6.07 Å². The number of rotatable bonds is 7. The van der Waals surface area contributed by atoms with Gasteiger partial charge in [-0.25, -0.2) is 0 Å². The van der Waals surface area contributed by atoms with Crippen LogP contribution in [0, 0.1) is 0 Å². The maximum atomic E-state index is 12.0. The van der Waals surface area contributed by atoms with Gasteiger partial charge in [0.1, 0.15) is 17.2 Å². The van der Waals surface area contributed by atoms with Gasteiger partial charge < -0.3 is 19.5 Å². The van der Waals surface area contributed by atoms with Gasteiger partial charge in [-0.05, 0) is 24.3 Å². The Labute approximate surface area is 140 Å². The number of methoxy groups -OCH3 is 2. The molecule has 1 N–H and O–H groups in total. The number of carbonyl (C=O) groups excluding carboxylic acids is 1. The van der Waals surface area contributed by atoms with Gasteiger partial charge in [-0.1, -0.05) is 23.7 Å². The van der Waals surface area contributed by atoms with Crippen LogP contribution < -0.4 is 19.5 Å². The second kappa shape index (κ2) is 8.29. The third-order valence-electron chi connectivity index (χ3n) is 3.10. The van der Waals surface area contributed by atoms with Gasteiger partial charge in [0.15, 0.2) is 0 Å². The predicted molar refractivity (Wildman–Crippen MR) is 89.7 cm³/mol. The summed E-state index contributed by atoms with van der Waals surface area (Å²) in [6.07, 6.45) is 0.186. The molecule has 2 rings (SSSR count). The van der Waals surface area contributed by atoms with Crippen LogP contribution >= 0.6 is 11.6 Å². The van der Waals surface area contributed by atoms with E-state index < -0.39 is 0 Å². The lowest BCUT2D eigenvalue weighted by molar-refractivity contribution is -0.116. The van der Waals surface area contributed by atoms with Gasteiger partial charge in [0.05, 0.1) is 38.0 Å². The molecule has 0 aliphatic carbocycles. The smallest absolute Gasteiger partial charge is 0.227 e. The van der Waals surface area contributed by atoms with Gasteiger partial charge in [0.2, 0.25) is 5.91 Å². The SMILES string of the molecule is COc1ccc(OC)c(NC(=O)CCOc2ccccc2Cl)c1. The molecule has 23 heavy (non-hydrogen) atoms. The van der Waals surface area contributed by atoms with Crippen LogP contribution in [0.2, 0.25) is 5.02 Å². The quantitative estimate of drug-likeness (QED) is 0.837. The highest BCUT2D eigenvalue weighted by molar-refractivity contribution is 6.32. The van der Waals surface area contributed by atoms with Crippen molar-refractivity contribution in [3.05, 3.63) is 47.5 Å². The first kappa shape index (κ1) is 17.0. The largest absolute Gasteiger partial charge is 0.497 e. The summed E-state index contributed by atoms with van der Waals surface area (Å²) in [6, 6.07) is 12.3. The van der Waals surface area contributed by atoms with Crippen LogP contribution in [-0.4, -0.2) is 26.7 Å². The lowest BCUT2D eigenvalue weighted by Gasteiger charge is -2.12. The molecule has 2 aromatic rings. The first-order valence-electron chi connectivity index (χ1n) is 7.03. The average Bonchev–Trinajstić information content (AvgIpc) is 2.56. The number of para-hydroxylation sites is 1. The molecule has 0 radical (unpaired) electrons. The number of amides is 1. The minimum atomic E-state index is -0.191. The highest BCUT2D eigenvalue weighted by Gasteiger charge is 2.10. The Morgan fingerprint density at radius 2 is 1.87 bits per heavy atom. The Morgan fingerprint density at radius 3 is 2.57 bits per heavy atom. The molecule has 0 fully saturated rings. The van der Waals surface area contributed by atoms with Crippen molar-refractivity contribution in [3.8, 4) is 17.2 Å². The van der Waals surface area contributed by atoms with E-state index in [0.717, 1.165) is 0 Å². The van der Waals surface area contributed by atoms with Crippen LogP contribution in [0.15, 0.2) is 42.5 Å². The van der Waals surface area contributed by atoms with Gasteiger partial charge in [-0.3, -0.25) is 4.79 Å². The molecule has 0 atom stereocenters. The zero-order valence-corrected chi connectivity index (χ0v) is 13.7. The van der Waals surface area contributed by atoms with Gasteiger partial charge in [-0.2, -0.15) is 0 Å². The lowest BCUT2D eigenvalue weighted by Crippen LogP contribution is -2.15. The molecule has 0 unspecified atom stereocenters. The van der Waals surface area contributed by atoms with E-state index in [-0.39, 0.29) is 18.9 Å². The third kappa shape index (κ3) is 4.79. The normalized spacial score (nSPS) is 10.0. The molecule has 5 nitrogen and oxygen atoms in total. The Bertz CT molecular complexity index is 675. The van der Waals surface area contributed by atoms with Crippen molar-refractivity contribution in [1.29, 1.82) is 0 Å². The molecule has 0 spiro atoms. The first-order valence-corrected chi connectivity index (χ1v) is 7.41. The summed E-state index contributed by atoms with van der Waals surface area (Å²) >= 11 is 5.99. The van der Waals surface area contributed by atoms with E-state index in [2.05, 4.69) is 5.32 Å². The van der Waals surface area contributed by atoms with Gasteiger partial charge in [-0.15, -0.1) is 0 Å². The van der Waals surface area contributed by atoms with Crippen molar-refractivity contribution in [3.63, 3.8) is 0 Å².